The number of rotatable bonds is 7. The van der Waals surface area contributed by atoms with E-state index in [0.29, 0.717) is 54.6 Å². The van der Waals surface area contributed by atoms with Gasteiger partial charge in [-0.2, -0.15) is 5.26 Å². The summed E-state index contributed by atoms with van der Waals surface area (Å²) in [5.74, 6) is 0.518. The number of amides is 3. The van der Waals surface area contributed by atoms with Gasteiger partial charge in [-0.3, -0.25) is 19.3 Å². The number of nitriles is 1. The third-order valence-corrected chi connectivity index (χ3v) is 7.10. The Morgan fingerprint density at radius 3 is 2.16 bits per heavy atom. The Morgan fingerprint density at radius 1 is 1.00 bits per heavy atom. The summed E-state index contributed by atoms with van der Waals surface area (Å²) in [6.45, 7) is 1.82. The van der Waals surface area contributed by atoms with Gasteiger partial charge < -0.3 is 24.0 Å². The molecule has 37 heavy (non-hydrogen) atoms. The number of anilines is 1. The van der Waals surface area contributed by atoms with Crippen molar-refractivity contribution in [2.45, 2.75) is 0 Å². The minimum absolute atomic E-state index is 0.171. The van der Waals surface area contributed by atoms with E-state index < -0.39 is 11.1 Å². The number of hydrogen-bond acceptors (Lipinski definition) is 9. The predicted octanol–water partition coefficient (Wildman–Crippen LogP) is 2.97. The van der Waals surface area contributed by atoms with Crippen LogP contribution in [0.25, 0.3) is 6.08 Å². The molecule has 2 saturated heterocycles. The van der Waals surface area contributed by atoms with Crippen molar-refractivity contribution in [3.8, 4) is 23.3 Å². The molecule has 0 radical (unpaired) electrons. The van der Waals surface area contributed by atoms with Crippen LogP contribution < -0.4 is 19.1 Å². The normalized spacial score (nSPS) is 16.7. The minimum atomic E-state index is -0.542. The SMILES string of the molecule is COc1cc(OC)c(C=C2SC(=O)N(CC(=O)N3CCN(c4ccc(C#N)cc4)CC3)C2=O)c(OC)c1. The Labute approximate surface area is 219 Å². The molecule has 0 bridgehead atoms. The van der Waals surface area contributed by atoms with E-state index in [0.717, 1.165) is 22.3 Å². The Balaban J connectivity index is 1.42. The number of benzene rings is 2. The molecule has 2 aromatic rings. The van der Waals surface area contributed by atoms with Crippen LogP contribution in [0.15, 0.2) is 41.3 Å². The zero-order valence-electron chi connectivity index (χ0n) is 20.7. The second kappa shape index (κ2) is 11.3. The van der Waals surface area contributed by atoms with Crippen LogP contribution in [0, 0.1) is 11.3 Å². The number of piperazine rings is 1. The molecule has 2 aliphatic heterocycles. The first-order valence-electron chi connectivity index (χ1n) is 11.5. The number of carbonyl (C=O) groups excluding carboxylic acids is 3. The van der Waals surface area contributed by atoms with Crippen molar-refractivity contribution in [2.24, 2.45) is 0 Å². The number of thioether (sulfide) groups is 1. The molecule has 0 spiro atoms. The number of methoxy groups -OCH3 is 3. The first-order valence-corrected chi connectivity index (χ1v) is 12.3. The minimum Gasteiger partial charge on any atom is -0.496 e. The molecular formula is C26H26N4O6S. The summed E-state index contributed by atoms with van der Waals surface area (Å²) in [4.78, 5) is 43.6. The highest BCUT2D eigenvalue weighted by Crippen LogP contribution is 2.39. The summed E-state index contributed by atoms with van der Waals surface area (Å²) in [6, 6.07) is 12.7. The molecule has 0 N–H and O–H groups in total. The van der Waals surface area contributed by atoms with Crippen LogP contribution >= 0.6 is 11.8 Å². The van der Waals surface area contributed by atoms with E-state index in [2.05, 4.69) is 11.0 Å². The number of ether oxygens (including phenoxy) is 3. The lowest BCUT2D eigenvalue weighted by atomic mass is 10.1. The molecule has 4 rings (SSSR count). The summed E-state index contributed by atoms with van der Waals surface area (Å²) in [5.41, 5.74) is 2.06. The third kappa shape index (κ3) is 5.49. The van der Waals surface area contributed by atoms with E-state index in [-0.39, 0.29) is 17.4 Å². The van der Waals surface area contributed by atoms with Gasteiger partial charge in [-0.05, 0) is 42.1 Å². The fraction of sp³-hybridized carbons (Fsp3) is 0.308. The topological polar surface area (TPSA) is 112 Å². The van der Waals surface area contributed by atoms with Crippen molar-refractivity contribution >= 4 is 40.6 Å². The first-order chi connectivity index (χ1) is 17.9. The van der Waals surface area contributed by atoms with Crippen LogP contribution in [0.5, 0.6) is 17.2 Å². The maximum atomic E-state index is 13.1. The Bertz CT molecular complexity index is 1250. The van der Waals surface area contributed by atoms with E-state index in [1.54, 1.807) is 29.2 Å². The largest absolute Gasteiger partial charge is 0.496 e. The quantitative estimate of drug-likeness (QED) is 0.507. The summed E-state index contributed by atoms with van der Waals surface area (Å²) < 4.78 is 16.1. The van der Waals surface area contributed by atoms with Crippen LogP contribution in [0.2, 0.25) is 0 Å². The van der Waals surface area contributed by atoms with Gasteiger partial charge in [0.1, 0.15) is 23.8 Å². The molecule has 0 atom stereocenters. The number of hydrogen-bond donors (Lipinski definition) is 0. The zero-order chi connectivity index (χ0) is 26.5. The zero-order valence-corrected chi connectivity index (χ0v) is 21.5. The molecule has 2 aliphatic rings. The summed E-state index contributed by atoms with van der Waals surface area (Å²) in [7, 11) is 4.48. The molecule has 10 nitrogen and oxygen atoms in total. The van der Waals surface area contributed by atoms with Gasteiger partial charge in [0.25, 0.3) is 11.1 Å². The van der Waals surface area contributed by atoms with E-state index in [9.17, 15) is 14.4 Å². The lowest BCUT2D eigenvalue weighted by Crippen LogP contribution is -2.51. The lowest BCUT2D eigenvalue weighted by Gasteiger charge is -2.36. The molecule has 0 unspecified atom stereocenters. The predicted molar refractivity (Wildman–Crippen MR) is 139 cm³/mol. The molecule has 2 fully saturated rings. The average molecular weight is 523 g/mol. The highest BCUT2D eigenvalue weighted by Gasteiger charge is 2.38. The van der Waals surface area contributed by atoms with Crippen molar-refractivity contribution in [3.63, 3.8) is 0 Å². The van der Waals surface area contributed by atoms with Gasteiger partial charge in [0.2, 0.25) is 5.91 Å². The van der Waals surface area contributed by atoms with Crippen LogP contribution in [-0.4, -0.2) is 80.9 Å². The molecule has 11 heteroatoms. The summed E-state index contributed by atoms with van der Waals surface area (Å²) in [5, 5.41) is 8.46. The molecule has 2 heterocycles. The summed E-state index contributed by atoms with van der Waals surface area (Å²) in [6.07, 6.45) is 1.53. The van der Waals surface area contributed by atoms with Gasteiger partial charge in [0, 0.05) is 44.0 Å². The smallest absolute Gasteiger partial charge is 0.294 e. The molecule has 2 aromatic carbocycles. The molecule has 0 saturated carbocycles. The van der Waals surface area contributed by atoms with Crippen molar-refractivity contribution in [3.05, 3.63) is 52.4 Å². The average Bonchev–Trinajstić information content (AvgIpc) is 3.20. The first kappa shape index (κ1) is 25.9. The van der Waals surface area contributed by atoms with Gasteiger partial charge in [0.05, 0.1) is 43.4 Å². The Morgan fingerprint density at radius 2 is 1.62 bits per heavy atom. The van der Waals surface area contributed by atoms with Gasteiger partial charge in [-0.25, -0.2) is 0 Å². The standard InChI is InChI=1S/C26H26N4O6S/c1-34-19-12-21(35-2)20(22(13-19)36-3)14-23-25(32)30(26(33)37-23)16-24(31)29-10-8-28(9-11-29)18-6-4-17(15-27)5-7-18/h4-7,12-14H,8-11,16H2,1-3H3. The van der Waals surface area contributed by atoms with Crippen LogP contribution in [0.4, 0.5) is 10.5 Å². The number of nitrogens with zero attached hydrogens (tertiary/aromatic N) is 4. The molecule has 0 aliphatic carbocycles. The molecule has 0 aromatic heterocycles. The maximum absolute atomic E-state index is 13.1. The van der Waals surface area contributed by atoms with Gasteiger partial charge >= 0.3 is 0 Å². The Kier molecular flexibility index (Phi) is 7.89. The Hall–Kier alpha value is -4.17. The number of carbonyl (C=O) groups is 3. The molecule has 3 amide bonds. The van der Waals surface area contributed by atoms with Crippen molar-refractivity contribution < 1.29 is 28.6 Å². The summed E-state index contributed by atoms with van der Waals surface area (Å²) >= 11 is 0.769. The van der Waals surface area contributed by atoms with Crippen LogP contribution in [-0.2, 0) is 9.59 Å². The second-order valence-electron chi connectivity index (χ2n) is 8.24. The van der Waals surface area contributed by atoms with E-state index in [4.69, 9.17) is 19.5 Å². The maximum Gasteiger partial charge on any atom is 0.294 e. The third-order valence-electron chi connectivity index (χ3n) is 6.19. The van der Waals surface area contributed by atoms with Gasteiger partial charge in [0.15, 0.2) is 0 Å². The second-order valence-corrected chi connectivity index (χ2v) is 9.23. The van der Waals surface area contributed by atoms with Crippen molar-refractivity contribution in [1.82, 2.24) is 9.80 Å². The highest BCUT2D eigenvalue weighted by atomic mass is 32.2. The monoisotopic (exact) mass is 522 g/mol. The fourth-order valence-electron chi connectivity index (χ4n) is 4.14. The van der Waals surface area contributed by atoms with Crippen LogP contribution in [0.1, 0.15) is 11.1 Å². The van der Waals surface area contributed by atoms with Crippen molar-refractivity contribution in [2.75, 3.05) is 59.0 Å². The fourth-order valence-corrected chi connectivity index (χ4v) is 4.96. The van der Waals surface area contributed by atoms with E-state index >= 15 is 0 Å². The van der Waals surface area contributed by atoms with E-state index in [1.165, 1.54) is 27.4 Å². The van der Waals surface area contributed by atoms with Gasteiger partial charge in [-0.1, -0.05) is 0 Å². The van der Waals surface area contributed by atoms with Crippen molar-refractivity contribution in [1.29, 1.82) is 5.26 Å². The van der Waals surface area contributed by atoms with E-state index in [1.807, 2.05) is 12.1 Å². The highest BCUT2D eigenvalue weighted by molar-refractivity contribution is 8.18. The van der Waals surface area contributed by atoms with Gasteiger partial charge in [-0.15, -0.1) is 0 Å². The van der Waals surface area contributed by atoms with Crippen LogP contribution in [0.3, 0.4) is 0 Å². The molecular weight excluding hydrogens is 496 g/mol. The lowest BCUT2D eigenvalue weighted by molar-refractivity contribution is -0.136. The number of imide groups is 1. The molecule has 192 valence electrons.